The lowest BCUT2D eigenvalue weighted by atomic mass is 10.1. The van der Waals surface area contributed by atoms with Gasteiger partial charge in [0.25, 0.3) is 0 Å². The third-order valence-corrected chi connectivity index (χ3v) is 2.86. The van der Waals surface area contributed by atoms with Gasteiger partial charge < -0.3 is 0 Å². The van der Waals surface area contributed by atoms with E-state index in [0.717, 1.165) is 6.07 Å². The smallest absolute Gasteiger partial charge is 0.173 e. The number of benzene rings is 1. The molecule has 1 aromatic rings. The zero-order valence-electron chi connectivity index (χ0n) is 7.65. The van der Waals surface area contributed by atoms with Crippen LogP contribution in [-0.2, 0) is 0 Å². The lowest BCUT2D eigenvalue weighted by Gasteiger charge is -2.16. The first-order valence-electron chi connectivity index (χ1n) is 4.21. The summed E-state index contributed by atoms with van der Waals surface area (Å²) >= 11 is 3.00. The van der Waals surface area contributed by atoms with Crippen LogP contribution in [0, 0.1) is 11.6 Å². The lowest BCUT2D eigenvalue weighted by Crippen LogP contribution is -2.27. The topological polar surface area (TPSA) is 38.0 Å². The molecule has 3 N–H and O–H groups in total. The molecule has 0 aliphatic heterocycles. The van der Waals surface area contributed by atoms with Crippen LogP contribution in [0.1, 0.15) is 24.9 Å². The Hall–Kier alpha value is -0.520. The summed E-state index contributed by atoms with van der Waals surface area (Å²) in [6.07, 6.45) is 0.695. The molecule has 5 heteroatoms. The van der Waals surface area contributed by atoms with Crippen molar-refractivity contribution in [2.75, 3.05) is 0 Å². The third-order valence-electron chi connectivity index (χ3n) is 2.05. The molecule has 0 aromatic heterocycles. The summed E-state index contributed by atoms with van der Waals surface area (Å²) in [5.74, 6) is 3.54. The Bertz CT molecular complexity index is 327. The Balaban J connectivity index is 3.16. The number of nitrogens with one attached hydrogen (secondary N) is 1. The van der Waals surface area contributed by atoms with Crippen LogP contribution in [0.2, 0.25) is 0 Å². The highest BCUT2D eigenvalue weighted by atomic mass is 79.9. The summed E-state index contributed by atoms with van der Waals surface area (Å²) < 4.78 is 26.0. The van der Waals surface area contributed by atoms with E-state index in [9.17, 15) is 8.78 Å². The molecule has 2 nitrogen and oxygen atoms in total. The minimum Gasteiger partial charge on any atom is -0.271 e. The fraction of sp³-hybridized carbons (Fsp3) is 0.333. The van der Waals surface area contributed by atoms with Crippen LogP contribution in [0.25, 0.3) is 0 Å². The zero-order valence-corrected chi connectivity index (χ0v) is 9.24. The number of hydrogen-bond donors (Lipinski definition) is 2. The first-order valence-corrected chi connectivity index (χ1v) is 5.00. The molecule has 0 bridgehead atoms. The van der Waals surface area contributed by atoms with Crippen LogP contribution < -0.4 is 11.3 Å². The van der Waals surface area contributed by atoms with Gasteiger partial charge in [-0.25, -0.2) is 8.78 Å². The van der Waals surface area contributed by atoms with E-state index in [1.54, 1.807) is 0 Å². The van der Waals surface area contributed by atoms with E-state index in [0.29, 0.717) is 12.0 Å². The maximum Gasteiger partial charge on any atom is 0.173 e. The third kappa shape index (κ3) is 2.10. The number of hydrazine groups is 1. The Morgan fingerprint density at radius 2 is 2.14 bits per heavy atom. The van der Waals surface area contributed by atoms with Crippen molar-refractivity contribution >= 4 is 15.9 Å². The average molecular weight is 265 g/mol. The zero-order chi connectivity index (χ0) is 10.7. The molecule has 1 unspecified atom stereocenters. The number of halogens is 3. The normalized spacial score (nSPS) is 12.9. The second-order valence-corrected chi connectivity index (χ2v) is 3.69. The second kappa shape index (κ2) is 4.82. The van der Waals surface area contributed by atoms with Crippen LogP contribution >= 0.6 is 15.9 Å². The summed E-state index contributed by atoms with van der Waals surface area (Å²) in [7, 11) is 0. The SMILES string of the molecule is CCC(NN)c1ccc(F)c(F)c1Br. The summed E-state index contributed by atoms with van der Waals surface area (Å²) in [4.78, 5) is 0. The van der Waals surface area contributed by atoms with E-state index in [4.69, 9.17) is 5.84 Å². The molecule has 0 spiro atoms. The molecule has 0 saturated carbocycles. The Morgan fingerprint density at radius 1 is 1.50 bits per heavy atom. The average Bonchev–Trinajstić information content (AvgIpc) is 2.19. The molecule has 0 amide bonds. The van der Waals surface area contributed by atoms with Crippen molar-refractivity contribution < 1.29 is 8.78 Å². The largest absolute Gasteiger partial charge is 0.271 e. The lowest BCUT2D eigenvalue weighted by molar-refractivity contribution is 0.489. The monoisotopic (exact) mass is 264 g/mol. The molecule has 0 saturated heterocycles. The molecule has 78 valence electrons. The Labute approximate surface area is 89.6 Å². The first kappa shape index (κ1) is 11.6. The molecule has 0 radical (unpaired) electrons. The molecule has 14 heavy (non-hydrogen) atoms. The maximum atomic E-state index is 13.1. The number of rotatable bonds is 3. The minimum atomic E-state index is -0.879. The van der Waals surface area contributed by atoms with Crippen molar-refractivity contribution in [3.05, 3.63) is 33.8 Å². The van der Waals surface area contributed by atoms with Gasteiger partial charge in [0, 0.05) is 6.04 Å². The van der Waals surface area contributed by atoms with Gasteiger partial charge in [-0.2, -0.15) is 0 Å². The van der Waals surface area contributed by atoms with Crippen molar-refractivity contribution in [1.82, 2.24) is 5.43 Å². The van der Waals surface area contributed by atoms with Crippen LogP contribution in [0.5, 0.6) is 0 Å². The molecule has 0 fully saturated rings. The Kier molecular flexibility index (Phi) is 3.97. The van der Waals surface area contributed by atoms with E-state index in [-0.39, 0.29) is 10.5 Å². The van der Waals surface area contributed by atoms with Gasteiger partial charge in [0.15, 0.2) is 11.6 Å². The van der Waals surface area contributed by atoms with Crippen LogP contribution in [0.3, 0.4) is 0 Å². The van der Waals surface area contributed by atoms with Gasteiger partial charge in [-0.1, -0.05) is 13.0 Å². The van der Waals surface area contributed by atoms with Crippen molar-refractivity contribution in [2.24, 2.45) is 5.84 Å². The highest BCUT2D eigenvalue weighted by molar-refractivity contribution is 9.10. The number of nitrogens with two attached hydrogens (primary N) is 1. The van der Waals surface area contributed by atoms with Gasteiger partial charge >= 0.3 is 0 Å². The van der Waals surface area contributed by atoms with Crippen LogP contribution in [-0.4, -0.2) is 0 Å². The molecule has 0 heterocycles. The standard InChI is InChI=1S/C9H11BrF2N2/c1-2-7(14-13)5-3-4-6(11)9(12)8(5)10/h3-4,7,14H,2,13H2,1H3. The van der Waals surface area contributed by atoms with Crippen molar-refractivity contribution in [2.45, 2.75) is 19.4 Å². The quantitative estimate of drug-likeness (QED) is 0.501. The predicted molar refractivity (Wildman–Crippen MR) is 54.4 cm³/mol. The van der Waals surface area contributed by atoms with Gasteiger partial charge in [-0.15, -0.1) is 0 Å². The van der Waals surface area contributed by atoms with Crippen LogP contribution in [0.4, 0.5) is 8.78 Å². The van der Waals surface area contributed by atoms with Gasteiger partial charge in [0.05, 0.1) is 4.47 Å². The van der Waals surface area contributed by atoms with E-state index >= 15 is 0 Å². The fourth-order valence-corrected chi connectivity index (χ4v) is 1.84. The molecule has 1 aromatic carbocycles. The highest BCUT2D eigenvalue weighted by Gasteiger charge is 2.16. The molecular weight excluding hydrogens is 254 g/mol. The summed E-state index contributed by atoms with van der Waals surface area (Å²) in [6.45, 7) is 1.90. The van der Waals surface area contributed by atoms with Gasteiger partial charge in [-0.3, -0.25) is 11.3 Å². The van der Waals surface area contributed by atoms with Crippen LogP contribution in [0.15, 0.2) is 16.6 Å². The van der Waals surface area contributed by atoms with E-state index in [1.807, 2.05) is 6.92 Å². The summed E-state index contributed by atoms with van der Waals surface area (Å²) in [5.41, 5.74) is 3.16. The molecule has 0 aliphatic carbocycles. The first-order chi connectivity index (χ1) is 6.61. The van der Waals surface area contributed by atoms with E-state index in [2.05, 4.69) is 21.4 Å². The van der Waals surface area contributed by atoms with Crippen molar-refractivity contribution in [3.8, 4) is 0 Å². The van der Waals surface area contributed by atoms with Crippen molar-refractivity contribution in [3.63, 3.8) is 0 Å². The number of hydrogen-bond acceptors (Lipinski definition) is 2. The fourth-order valence-electron chi connectivity index (χ4n) is 1.24. The van der Waals surface area contributed by atoms with Crippen molar-refractivity contribution in [1.29, 1.82) is 0 Å². The molecular formula is C9H11BrF2N2. The molecule has 1 atom stereocenters. The molecule has 1 rings (SSSR count). The highest BCUT2D eigenvalue weighted by Crippen LogP contribution is 2.28. The molecule has 0 aliphatic rings. The van der Waals surface area contributed by atoms with Gasteiger partial charge in [0.1, 0.15) is 0 Å². The van der Waals surface area contributed by atoms with E-state index in [1.165, 1.54) is 6.07 Å². The van der Waals surface area contributed by atoms with Gasteiger partial charge in [-0.05, 0) is 34.0 Å². The Morgan fingerprint density at radius 3 is 2.64 bits per heavy atom. The summed E-state index contributed by atoms with van der Waals surface area (Å²) in [6, 6.07) is 2.42. The van der Waals surface area contributed by atoms with Gasteiger partial charge in [0.2, 0.25) is 0 Å². The second-order valence-electron chi connectivity index (χ2n) is 2.89. The minimum absolute atomic E-state index is 0.127. The predicted octanol–water partition coefficient (Wildman–Crippen LogP) is 2.64. The summed E-state index contributed by atoms with van der Waals surface area (Å²) in [5, 5.41) is 0. The van der Waals surface area contributed by atoms with E-state index < -0.39 is 11.6 Å². The maximum absolute atomic E-state index is 13.1.